The lowest BCUT2D eigenvalue weighted by Crippen LogP contribution is -2.06. The quantitative estimate of drug-likeness (QED) is 0.121. The number of hydrogen-bond donors (Lipinski definition) is 2. The molecule has 276 valence electrons. The molecule has 0 fully saturated rings. The van der Waals surface area contributed by atoms with Gasteiger partial charge < -0.3 is 11.1 Å². The largest absolute Gasteiger partial charge is 0.398 e. The molecule has 8 rings (SSSR count). The molecule has 0 unspecified atom stereocenters. The number of nitrogen functional groups attached to an aromatic ring is 1. The van der Waals surface area contributed by atoms with E-state index in [1.807, 2.05) is 66.7 Å². The van der Waals surface area contributed by atoms with Crippen LogP contribution in [0.5, 0.6) is 0 Å². The summed E-state index contributed by atoms with van der Waals surface area (Å²) in [5.41, 5.74) is 19.9. The van der Waals surface area contributed by atoms with Crippen LogP contribution in [-0.2, 0) is 25.7 Å². The summed E-state index contributed by atoms with van der Waals surface area (Å²) in [7, 11) is 0. The van der Waals surface area contributed by atoms with E-state index in [1.165, 1.54) is 96.0 Å². The number of benzene rings is 6. The minimum atomic E-state index is 0.766. The smallest absolute Gasteiger partial charge is 0.0419 e. The Morgan fingerprint density at radius 3 is 1.38 bits per heavy atom. The number of aryl methyl sites for hydroxylation is 2. The number of anilines is 3. The second kappa shape index (κ2) is 21.2. The molecular weight excluding hydrogens is 688 g/mol. The number of fused-ring (bicyclic) bond motifs is 2. The monoisotopic (exact) mass is 738 g/mol. The van der Waals surface area contributed by atoms with Crippen LogP contribution in [0.15, 0.2) is 170 Å². The molecule has 0 saturated carbocycles. The minimum Gasteiger partial charge on any atom is -0.398 e. The molecule has 0 atom stereocenters. The van der Waals surface area contributed by atoms with Crippen molar-refractivity contribution in [3.05, 3.63) is 219 Å². The summed E-state index contributed by atoms with van der Waals surface area (Å²) in [5, 5.41) is 4.38. The van der Waals surface area contributed by atoms with Gasteiger partial charge in [-0.05, 0) is 132 Å². The van der Waals surface area contributed by atoms with Crippen LogP contribution < -0.4 is 11.1 Å². The topological polar surface area (TPSA) is 38.0 Å². The van der Waals surface area contributed by atoms with Gasteiger partial charge in [0.1, 0.15) is 0 Å². The van der Waals surface area contributed by atoms with Gasteiger partial charge in [0, 0.05) is 22.1 Å². The van der Waals surface area contributed by atoms with Gasteiger partial charge in [0.25, 0.3) is 0 Å². The summed E-state index contributed by atoms with van der Waals surface area (Å²) in [6.07, 6.45) is 26.7. The number of nitrogens with one attached hydrogen (secondary N) is 1. The molecule has 0 spiro atoms. The lowest BCUT2D eigenvalue weighted by Gasteiger charge is -2.20. The summed E-state index contributed by atoms with van der Waals surface area (Å²) < 4.78 is 0. The number of nitrogens with two attached hydrogens (primary N) is 1. The first kappa shape index (κ1) is 38.9. The zero-order valence-electron chi connectivity index (χ0n) is 31.6. The standard InChI is InChI=1S/C26H25N.C16H13Cl.C10H13N/c1-2-9-21(10-3-1)11-4-5-12-22-17-19-24(20-18-22)27-26-16-8-14-23-13-6-7-15-25(23)26;17-16-12-10-15(11-13-16)9-5-4-8-14-6-2-1-3-7-14;11-10-7-3-5-8-4-1-2-6-9(8)10/h1-5,8-12,14,16-20,27H,6-7,13,15H2;1-13H;3,5,7H,1-2,4,6,11H2/b11-4+,12-5+;8-4+,9-5+;. The van der Waals surface area contributed by atoms with Crippen molar-refractivity contribution in [2.24, 2.45) is 0 Å². The van der Waals surface area contributed by atoms with Crippen LogP contribution in [0.1, 0.15) is 70.2 Å². The van der Waals surface area contributed by atoms with E-state index in [2.05, 4.69) is 133 Å². The van der Waals surface area contributed by atoms with E-state index >= 15 is 0 Å². The number of rotatable bonds is 8. The number of hydrogen-bond acceptors (Lipinski definition) is 2. The third kappa shape index (κ3) is 12.6. The molecule has 0 radical (unpaired) electrons. The molecule has 55 heavy (non-hydrogen) atoms. The maximum absolute atomic E-state index is 5.84. The Kier molecular flexibility index (Phi) is 15.0. The molecule has 0 bridgehead atoms. The molecule has 3 N–H and O–H groups in total. The van der Waals surface area contributed by atoms with Crippen molar-refractivity contribution in [3.63, 3.8) is 0 Å². The molecule has 6 aromatic rings. The van der Waals surface area contributed by atoms with E-state index in [0.29, 0.717) is 0 Å². The summed E-state index contributed by atoms with van der Waals surface area (Å²) in [6, 6.07) is 49.9. The molecule has 0 aromatic heterocycles. The van der Waals surface area contributed by atoms with Gasteiger partial charge in [-0.2, -0.15) is 0 Å². The predicted octanol–water partition coefficient (Wildman–Crippen LogP) is 14.2. The highest BCUT2D eigenvalue weighted by Crippen LogP contribution is 2.30. The maximum atomic E-state index is 5.84. The van der Waals surface area contributed by atoms with Gasteiger partial charge in [-0.1, -0.05) is 169 Å². The van der Waals surface area contributed by atoms with Crippen LogP contribution >= 0.6 is 11.6 Å². The van der Waals surface area contributed by atoms with Crippen LogP contribution in [0.25, 0.3) is 24.3 Å². The van der Waals surface area contributed by atoms with Gasteiger partial charge in [-0.3, -0.25) is 0 Å². The number of halogens is 1. The van der Waals surface area contributed by atoms with Gasteiger partial charge >= 0.3 is 0 Å². The van der Waals surface area contributed by atoms with Gasteiger partial charge in [0.2, 0.25) is 0 Å². The summed E-state index contributed by atoms with van der Waals surface area (Å²) in [6.45, 7) is 0. The first-order valence-electron chi connectivity index (χ1n) is 19.5. The van der Waals surface area contributed by atoms with E-state index < -0.39 is 0 Å². The van der Waals surface area contributed by atoms with Crippen molar-refractivity contribution in [2.75, 3.05) is 11.1 Å². The third-order valence-electron chi connectivity index (χ3n) is 9.86. The van der Waals surface area contributed by atoms with Crippen LogP contribution in [-0.4, -0.2) is 0 Å². The van der Waals surface area contributed by atoms with Gasteiger partial charge in [-0.25, -0.2) is 0 Å². The molecule has 6 aromatic carbocycles. The molecule has 2 aliphatic carbocycles. The second-order valence-electron chi connectivity index (χ2n) is 13.9. The van der Waals surface area contributed by atoms with E-state index in [0.717, 1.165) is 22.0 Å². The van der Waals surface area contributed by atoms with E-state index in [9.17, 15) is 0 Å². The lowest BCUT2D eigenvalue weighted by atomic mass is 9.90. The van der Waals surface area contributed by atoms with E-state index in [1.54, 1.807) is 0 Å². The summed E-state index contributed by atoms with van der Waals surface area (Å²) in [5.74, 6) is 0. The fraction of sp³-hybridized carbons (Fsp3) is 0.154. The maximum Gasteiger partial charge on any atom is 0.0419 e. The average molecular weight is 739 g/mol. The molecule has 0 aliphatic heterocycles. The average Bonchev–Trinajstić information content (AvgIpc) is 3.24. The SMILES string of the molecule is C(/C=C/c1ccc(Nc2cccc3c2CCCC3)cc1)=C\c1ccccc1.Clc1ccc(/C=C/C=C/c2ccccc2)cc1.Nc1cccc2c1CCCC2. The highest BCUT2D eigenvalue weighted by Gasteiger charge is 2.13. The Balaban J connectivity index is 0.000000156. The Morgan fingerprint density at radius 1 is 0.418 bits per heavy atom. The summed E-state index contributed by atoms with van der Waals surface area (Å²) in [4.78, 5) is 0. The van der Waals surface area contributed by atoms with Crippen LogP contribution in [0, 0.1) is 0 Å². The first-order chi connectivity index (χ1) is 27.1. The Morgan fingerprint density at radius 2 is 0.855 bits per heavy atom. The van der Waals surface area contributed by atoms with Crippen LogP contribution in [0.2, 0.25) is 5.02 Å². The van der Waals surface area contributed by atoms with Crippen molar-refractivity contribution in [2.45, 2.75) is 51.4 Å². The first-order valence-corrected chi connectivity index (χ1v) is 19.9. The lowest BCUT2D eigenvalue weighted by molar-refractivity contribution is 0.687. The molecule has 0 amide bonds. The summed E-state index contributed by atoms with van der Waals surface area (Å²) >= 11 is 5.81. The van der Waals surface area contributed by atoms with E-state index in [-0.39, 0.29) is 0 Å². The molecule has 2 nitrogen and oxygen atoms in total. The van der Waals surface area contributed by atoms with Crippen molar-refractivity contribution < 1.29 is 0 Å². The minimum absolute atomic E-state index is 0.766. The second-order valence-corrected chi connectivity index (χ2v) is 14.3. The van der Waals surface area contributed by atoms with Crippen molar-refractivity contribution in [1.29, 1.82) is 0 Å². The van der Waals surface area contributed by atoms with Crippen molar-refractivity contribution in [1.82, 2.24) is 0 Å². The highest BCUT2D eigenvalue weighted by atomic mass is 35.5. The molecule has 2 aliphatic rings. The van der Waals surface area contributed by atoms with Gasteiger partial charge in [0.15, 0.2) is 0 Å². The van der Waals surface area contributed by atoms with Gasteiger partial charge in [-0.15, -0.1) is 0 Å². The Hall–Kier alpha value is -5.83. The van der Waals surface area contributed by atoms with Gasteiger partial charge in [0.05, 0.1) is 0 Å². The van der Waals surface area contributed by atoms with Crippen molar-refractivity contribution in [3.8, 4) is 0 Å². The highest BCUT2D eigenvalue weighted by molar-refractivity contribution is 6.30. The fourth-order valence-corrected chi connectivity index (χ4v) is 7.04. The van der Waals surface area contributed by atoms with Crippen LogP contribution in [0.3, 0.4) is 0 Å². The Bertz CT molecular complexity index is 2180. The fourth-order valence-electron chi connectivity index (χ4n) is 6.91. The van der Waals surface area contributed by atoms with Crippen molar-refractivity contribution >= 4 is 53.0 Å². The molecule has 3 heteroatoms. The zero-order valence-corrected chi connectivity index (χ0v) is 32.3. The van der Waals surface area contributed by atoms with Crippen LogP contribution in [0.4, 0.5) is 17.1 Å². The molecule has 0 heterocycles. The normalized spacial score (nSPS) is 13.5. The molecular formula is C52H51ClN2. The molecule has 0 saturated heterocycles. The third-order valence-corrected chi connectivity index (χ3v) is 10.1. The number of allylic oxidation sites excluding steroid dienone is 4. The zero-order chi connectivity index (χ0) is 37.9. The van der Waals surface area contributed by atoms with E-state index in [4.69, 9.17) is 17.3 Å². The predicted molar refractivity (Wildman–Crippen MR) is 241 cm³/mol. The Labute approximate surface area is 333 Å².